The van der Waals surface area contributed by atoms with Gasteiger partial charge >= 0.3 is 0 Å². The number of benzene rings is 1. The number of halogens is 2. The van der Waals surface area contributed by atoms with Gasteiger partial charge in [-0.15, -0.1) is 0 Å². The highest BCUT2D eigenvalue weighted by atomic mass is 19.1. The standard InChI is InChI=1S/C16H23F2N/c1-2-12-4-3-7-16(9-12,11-19)10-13-8-14(17)5-6-15(13)18/h5-6,8,12H,2-4,7,9-11,19H2,1H3. The summed E-state index contributed by atoms with van der Waals surface area (Å²) < 4.78 is 27.1. The summed E-state index contributed by atoms with van der Waals surface area (Å²) in [6, 6.07) is 3.71. The highest BCUT2D eigenvalue weighted by molar-refractivity contribution is 5.20. The Kier molecular flexibility index (Phi) is 4.56. The first-order valence-electron chi connectivity index (χ1n) is 7.22. The predicted molar refractivity (Wildman–Crippen MR) is 73.8 cm³/mol. The first-order valence-corrected chi connectivity index (χ1v) is 7.22. The molecule has 0 spiro atoms. The molecule has 1 fully saturated rings. The summed E-state index contributed by atoms with van der Waals surface area (Å²) in [6.45, 7) is 2.75. The van der Waals surface area contributed by atoms with Crippen molar-refractivity contribution >= 4 is 0 Å². The van der Waals surface area contributed by atoms with Crippen molar-refractivity contribution in [2.45, 2.75) is 45.4 Å². The third-order valence-electron chi connectivity index (χ3n) is 4.62. The van der Waals surface area contributed by atoms with E-state index < -0.39 is 0 Å². The van der Waals surface area contributed by atoms with Gasteiger partial charge in [0.05, 0.1) is 0 Å². The molecule has 0 aromatic heterocycles. The Balaban J connectivity index is 2.20. The molecule has 0 aliphatic heterocycles. The van der Waals surface area contributed by atoms with Crippen LogP contribution in [-0.2, 0) is 6.42 Å². The maximum Gasteiger partial charge on any atom is 0.126 e. The normalized spacial score (nSPS) is 27.5. The maximum absolute atomic E-state index is 13.8. The van der Waals surface area contributed by atoms with Gasteiger partial charge in [-0.25, -0.2) is 8.78 Å². The summed E-state index contributed by atoms with van der Waals surface area (Å²) >= 11 is 0. The smallest absolute Gasteiger partial charge is 0.126 e. The van der Waals surface area contributed by atoms with E-state index in [4.69, 9.17) is 5.73 Å². The second kappa shape index (κ2) is 6.00. The van der Waals surface area contributed by atoms with Crippen molar-refractivity contribution in [2.75, 3.05) is 6.54 Å². The molecule has 0 heterocycles. The molecule has 1 aliphatic rings. The Morgan fingerprint density at radius 3 is 2.84 bits per heavy atom. The molecular formula is C16H23F2N. The molecule has 0 saturated heterocycles. The first kappa shape index (κ1) is 14.4. The molecule has 1 aromatic carbocycles. The van der Waals surface area contributed by atoms with Crippen LogP contribution in [0.5, 0.6) is 0 Å². The van der Waals surface area contributed by atoms with Crippen molar-refractivity contribution in [3.05, 3.63) is 35.4 Å². The van der Waals surface area contributed by atoms with E-state index in [0.29, 0.717) is 24.4 Å². The van der Waals surface area contributed by atoms with Gasteiger partial charge in [0.25, 0.3) is 0 Å². The van der Waals surface area contributed by atoms with E-state index in [2.05, 4.69) is 6.92 Å². The molecule has 0 radical (unpaired) electrons. The minimum atomic E-state index is -0.369. The summed E-state index contributed by atoms with van der Waals surface area (Å²) in [5.74, 6) is -0.00631. The number of hydrogen-bond acceptors (Lipinski definition) is 1. The topological polar surface area (TPSA) is 26.0 Å². The number of rotatable bonds is 4. The Morgan fingerprint density at radius 2 is 2.16 bits per heavy atom. The van der Waals surface area contributed by atoms with Crippen LogP contribution in [0.2, 0.25) is 0 Å². The molecule has 1 aromatic rings. The van der Waals surface area contributed by atoms with Gasteiger partial charge < -0.3 is 5.73 Å². The van der Waals surface area contributed by atoms with E-state index in [-0.39, 0.29) is 17.0 Å². The zero-order chi connectivity index (χ0) is 13.9. The second-order valence-corrected chi connectivity index (χ2v) is 5.99. The minimum Gasteiger partial charge on any atom is -0.330 e. The summed E-state index contributed by atoms with van der Waals surface area (Å²) in [4.78, 5) is 0. The lowest BCUT2D eigenvalue weighted by atomic mass is 9.66. The SMILES string of the molecule is CCC1CCCC(CN)(Cc2cc(F)ccc2F)C1. The average molecular weight is 267 g/mol. The van der Waals surface area contributed by atoms with Gasteiger partial charge in [-0.2, -0.15) is 0 Å². The number of nitrogens with two attached hydrogens (primary N) is 1. The fraction of sp³-hybridized carbons (Fsp3) is 0.625. The average Bonchev–Trinajstić information content (AvgIpc) is 2.43. The molecule has 2 atom stereocenters. The lowest BCUT2D eigenvalue weighted by Crippen LogP contribution is -2.38. The van der Waals surface area contributed by atoms with E-state index >= 15 is 0 Å². The minimum absolute atomic E-state index is 0.0481. The molecule has 19 heavy (non-hydrogen) atoms. The fourth-order valence-electron chi connectivity index (χ4n) is 3.43. The van der Waals surface area contributed by atoms with Crippen LogP contribution in [0.4, 0.5) is 8.78 Å². The van der Waals surface area contributed by atoms with Gasteiger partial charge in [-0.05, 0) is 60.9 Å². The Labute approximate surface area is 114 Å². The van der Waals surface area contributed by atoms with Gasteiger partial charge in [-0.3, -0.25) is 0 Å². The summed E-state index contributed by atoms with van der Waals surface area (Å²) in [5, 5.41) is 0. The predicted octanol–water partition coefficient (Wildman–Crippen LogP) is 4.05. The van der Waals surface area contributed by atoms with Crippen molar-refractivity contribution in [2.24, 2.45) is 17.1 Å². The first-order chi connectivity index (χ1) is 9.08. The highest BCUT2D eigenvalue weighted by Crippen LogP contribution is 2.42. The summed E-state index contributed by atoms with van der Waals surface area (Å²) in [6.07, 6.45) is 6.15. The zero-order valence-electron chi connectivity index (χ0n) is 11.6. The lowest BCUT2D eigenvalue weighted by molar-refractivity contribution is 0.141. The third kappa shape index (κ3) is 3.33. The van der Waals surface area contributed by atoms with E-state index in [1.807, 2.05) is 0 Å². The van der Waals surface area contributed by atoms with Gasteiger partial charge in [0.2, 0.25) is 0 Å². The summed E-state index contributed by atoms with van der Waals surface area (Å²) in [7, 11) is 0. The highest BCUT2D eigenvalue weighted by Gasteiger charge is 2.35. The molecule has 1 saturated carbocycles. The molecule has 2 unspecified atom stereocenters. The zero-order valence-corrected chi connectivity index (χ0v) is 11.6. The van der Waals surface area contributed by atoms with E-state index in [0.717, 1.165) is 25.7 Å². The van der Waals surface area contributed by atoms with Crippen LogP contribution in [0.1, 0.15) is 44.6 Å². The molecule has 3 heteroatoms. The van der Waals surface area contributed by atoms with Gasteiger partial charge in [0.15, 0.2) is 0 Å². The lowest BCUT2D eigenvalue weighted by Gasteiger charge is -2.40. The van der Waals surface area contributed by atoms with Crippen LogP contribution in [0.15, 0.2) is 18.2 Å². The largest absolute Gasteiger partial charge is 0.330 e. The molecule has 1 aliphatic carbocycles. The van der Waals surface area contributed by atoms with Gasteiger partial charge in [0, 0.05) is 0 Å². The molecule has 2 N–H and O–H groups in total. The van der Waals surface area contributed by atoms with Crippen molar-refractivity contribution in [1.82, 2.24) is 0 Å². The molecule has 1 nitrogen and oxygen atoms in total. The molecule has 0 bridgehead atoms. The van der Waals surface area contributed by atoms with Crippen LogP contribution >= 0.6 is 0 Å². The van der Waals surface area contributed by atoms with Crippen LogP contribution < -0.4 is 5.73 Å². The maximum atomic E-state index is 13.8. The summed E-state index contributed by atoms with van der Waals surface area (Å²) in [5.41, 5.74) is 6.40. The van der Waals surface area contributed by atoms with Crippen molar-refractivity contribution in [3.63, 3.8) is 0 Å². The Morgan fingerprint density at radius 1 is 1.37 bits per heavy atom. The fourth-order valence-corrected chi connectivity index (χ4v) is 3.43. The van der Waals surface area contributed by atoms with Crippen molar-refractivity contribution in [1.29, 1.82) is 0 Å². The van der Waals surface area contributed by atoms with Crippen LogP contribution in [0.25, 0.3) is 0 Å². The van der Waals surface area contributed by atoms with Crippen LogP contribution in [0.3, 0.4) is 0 Å². The van der Waals surface area contributed by atoms with Gasteiger partial charge in [-0.1, -0.05) is 26.2 Å². The van der Waals surface area contributed by atoms with Crippen LogP contribution in [0, 0.1) is 23.0 Å². The molecule has 106 valence electrons. The van der Waals surface area contributed by atoms with Crippen LogP contribution in [-0.4, -0.2) is 6.54 Å². The quantitative estimate of drug-likeness (QED) is 0.875. The Hall–Kier alpha value is -0.960. The number of hydrogen-bond donors (Lipinski definition) is 1. The van der Waals surface area contributed by atoms with Crippen molar-refractivity contribution < 1.29 is 8.78 Å². The van der Waals surface area contributed by atoms with Crippen molar-refractivity contribution in [3.8, 4) is 0 Å². The monoisotopic (exact) mass is 267 g/mol. The third-order valence-corrected chi connectivity index (χ3v) is 4.62. The van der Waals surface area contributed by atoms with E-state index in [1.165, 1.54) is 24.6 Å². The van der Waals surface area contributed by atoms with Gasteiger partial charge in [0.1, 0.15) is 11.6 Å². The molecule has 2 rings (SSSR count). The second-order valence-electron chi connectivity index (χ2n) is 5.99. The Bertz CT molecular complexity index is 433. The van der Waals surface area contributed by atoms with E-state index in [1.54, 1.807) is 0 Å². The molecular weight excluding hydrogens is 244 g/mol. The molecule has 0 amide bonds. The van der Waals surface area contributed by atoms with E-state index in [9.17, 15) is 8.78 Å².